The van der Waals surface area contributed by atoms with Crippen LogP contribution in [0.25, 0.3) is 0 Å². The average Bonchev–Trinajstić information content (AvgIpc) is 2.76. The first-order chi connectivity index (χ1) is 13.7. The summed E-state index contributed by atoms with van der Waals surface area (Å²) in [4.78, 5) is 29.7. The van der Waals surface area contributed by atoms with Crippen molar-refractivity contribution in [1.29, 1.82) is 0 Å². The number of aromatic nitrogens is 3. The van der Waals surface area contributed by atoms with Crippen molar-refractivity contribution in [3.05, 3.63) is 72.4 Å². The summed E-state index contributed by atoms with van der Waals surface area (Å²) in [7, 11) is 0. The smallest absolute Gasteiger partial charge is 0.274 e. The van der Waals surface area contributed by atoms with Crippen molar-refractivity contribution in [3.63, 3.8) is 0 Å². The molecule has 142 valence electrons. The van der Waals surface area contributed by atoms with Crippen molar-refractivity contribution in [2.24, 2.45) is 0 Å². The van der Waals surface area contributed by atoms with Gasteiger partial charge in [0.05, 0.1) is 5.69 Å². The number of hydrogen-bond donors (Lipinski definition) is 1. The molecule has 0 bridgehead atoms. The van der Waals surface area contributed by atoms with Crippen LogP contribution in [0.5, 0.6) is 0 Å². The Morgan fingerprint density at radius 3 is 2.39 bits per heavy atom. The van der Waals surface area contributed by atoms with Crippen molar-refractivity contribution >= 4 is 23.4 Å². The van der Waals surface area contributed by atoms with Gasteiger partial charge in [-0.2, -0.15) is 0 Å². The Balaban J connectivity index is 1.43. The van der Waals surface area contributed by atoms with Gasteiger partial charge in [-0.15, -0.1) is 0 Å². The Morgan fingerprint density at radius 1 is 0.893 bits per heavy atom. The van der Waals surface area contributed by atoms with Gasteiger partial charge in [0.15, 0.2) is 0 Å². The summed E-state index contributed by atoms with van der Waals surface area (Å²) in [6.07, 6.45) is 3.33. The van der Waals surface area contributed by atoms with E-state index in [0.717, 1.165) is 32.0 Å². The third-order valence-corrected chi connectivity index (χ3v) is 4.53. The molecule has 4 rings (SSSR count). The van der Waals surface area contributed by atoms with Gasteiger partial charge < -0.3 is 15.1 Å². The SMILES string of the molecule is O=C(Nc1ccccc1F)c1ccnc(N2CCN(c3ccccn3)CC2)n1. The number of benzene rings is 1. The normalized spacial score (nSPS) is 14.0. The Morgan fingerprint density at radius 2 is 1.64 bits per heavy atom. The molecule has 28 heavy (non-hydrogen) atoms. The molecule has 1 aliphatic rings. The maximum absolute atomic E-state index is 13.7. The molecule has 0 radical (unpaired) electrons. The minimum atomic E-state index is -0.490. The molecule has 3 aromatic rings. The highest BCUT2D eigenvalue weighted by molar-refractivity contribution is 6.03. The summed E-state index contributed by atoms with van der Waals surface area (Å²) in [5.74, 6) is 0.472. The van der Waals surface area contributed by atoms with Crippen molar-refractivity contribution in [3.8, 4) is 0 Å². The molecule has 1 aliphatic heterocycles. The molecule has 0 saturated carbocycles. The number of carbonyl (C=O) groups excluding carboxylic acids is 1. The number of para-hydroxylation sites is 1. The van der Waals surface area contributed by atoms with Gasteiger partial charge in [0.25, 0.3) is 5.91 Å². The molecule has 1 aromatic carbocycles. The van der Waals surface area contributed by atoms with Crippen LogP contribution in [-0.4, -0.2) is 47.0 Å². The average molecular weight is 378 g/mol. The molecule has 8 heteroatoms. The maximum atomic E-state index is 13.7. The quantitative estimate of drug-likeness (QED) is 0.752. The second-order valence-corrected chi connectivity index (χ2v) is 6.34. The number of amides is 1. The molecule has 1 saturated heterocycles. The molecule has 1 amide bonds. The van der Waals surface area contributed by atoms with Gasteiger partial charge in [-0.05, 0) is 30.3 Å². The zero-order chi connectivity index (χ0) is 19.3. The fraction of sp³-hybridized carbons (Fsp3) is 0.200. The molecular formula is C20H19FN6O. The second kappa shape index (κ2) is 7.99. The Labute approximate surface area is 161 Å². The number of halogens is 1. The second-order valence-electron chi connectivity index (χ2n) is 6.34. The van der Waals surface area contributed by atoms with E-state index < -0.39 is 11.7 Å². The number of hydrogen-bond acceptors (Lipinski definition) is 6. The van der Waals surface area contributed by atoms with Crippen molar-refractivity contribution in [2.75, 3.05) is 41.3 Å². The first-order valence-electron chi connectivity index (χ1n) is 9.00. The monoisotopic (exact) mass is 378 g/mol. The van der Waals surface area contributed by atoms with Gasteiger partial charge in [0.2, 0.25) is 5.95 Å². The van der Waals surface area contributed by atoms with E-state index in [1.54, 1.807) is 24.5 Å². The lowest BCUT2D eigenvalue weighted by molar-refractivity contribution is 0.102. The summed E-state index contributed by atoms with van der Waals surface area (Å²) in [5.41, 5.74) is 0.317. The summed E-state index contributed by atoms with van der Waals surface area (Å²) >= 11 is 0. The van der Waals surface area contributed by atoms with Crippen LogP contribution < -0.4 is 15.1 Å². The fourth-order valence-electron chi connectivity index (χ4n) is 3.05. The van der Waals surface area contributed by atoms with Gasteiger partial charge in [-0.25, -0.2) is 19.3 Å². The van der Waals surface area contributed by atoms with Crippen LogP contribution in [0.1, 0.15) is 10.5 Å². The molecule has 0 aliphatic carbocycles. The molecule has 1 fully saturated rings. The van der Waals surface area contributed by atoms with Crippen LogP contribution in [0.3, 0.4) is 0 Å². The number of piperazine rings is 1. The lowest BCUT2D eigenvalue weighted by atomic mass is 10.3. The Kier molecular flexibility index (Phi) is 5.09. The molecule has 2 aromatic heterocycles. The van der Waals surface area contributed by atoms with E-state index in [1.807, 2.05) is 23.1 Å². The zero-order valence-corrected chi connectivity index (χ0v) is 15.1. The molecule has 0 atom stereocenters. The maximum Gasteiger partial charge on any atom is 0.274 e. The summed E-state index contributed by atoms with van der Waals surface area (Å²) in [6.45, 7) is 3.00. The van der Waals surface area contributed by atoms with E-state index in [-0.39, 0.29) is 11.4 Å². The number of pyridine rings is 1. The molecule has 7 nitrogen and oxygen atoms in total. The van der Waals surface area contributed by atoms with Crippen molar-refractivity contribution in [2.45, 2.75) is 0 Å². The van der Waals surface area contributed by atoms with Crippen LogP contribution in [0, 0.1) is 5.82 Å². The van der Waals surface area contributed by atoms with Gasteiger partial charge in [-0.1, -0.05) is 18.2 Å². The molecular weight excluding hydrogens is 359 g/mol. The number of carbonyl (C=O) groups is 1. The molecule has 0 unspecified atom stereocenters. The predicted octanol–water partition coefficient (Wildman–Crippen LogP) is 2.59. The van der Waals surface area contributed by atoms with Crippen LogP contribution in [0.4, 0.5) is 21.8 Å². The van der Waals surface area contributed by atoms with Gasteiger partial charge in [0.1, 0.15) is 17.3 Å². The van der Waals surface area contributed by atoms with Crippen molar-refractivity contribution < 1.29 is 9.18 Å². The number of rotatable bonds is 4. The first kappa shape index (κ1) is 17.8. The van der Waals surface area contributed by atoms with Crippen molar-refractivity contribution in [1.82, 2.24) is 15.0 Å². The summed E-state index contributed by atoms with van der Waals surface area (Å²) < 4.78 is 13.7. The minimum absolute atomic E-state index is 0.122. The highest BCUT2D eigenvalue weighted by Crippen LogP contribution is 2.17. The molecule has 1 N–H and O–H groups in total. The van der Waals surface area contributed by atoms with Gasteiger partial charge in [-0.3, -0.25) is 4.79 Å². The van der Waals surface area contributed by atoms with Gasteiger partial charge >= 0.3 is 0 Å². The number of nitrogens with one attached hydrogen (secondary N) is 1. The van der Waals surface area contributed by atoms with E-state index in [0.29, 0.717) is 5.95 Å². The number of anilines is 3. The zero-order valence-electron chi connectivity index (χ0n) is 15.1. The predicted molar refractivity (Wildman–Crippen MR) is 105 cm³/mol. The first-order valence-corrected chi connectivity index (χ1v) is 9.00. The van der Waals surface area contributed by atoms with Crippen LogP contribution >= 0.6 is 0 Å². The van der Waals surface area contributed by atoms with E-state index in [1.165, 1.54) is 18.2 Å². The molecule has 0 spiro atoms. The third kappa shape index (κ3) is 3.90. The van der Waals surface area contributed by atoms with Crippen LogP contribution in [0.15, 0.2) is 60.9 Å². The Hall–Kier alpha value is -3.55. The third-order valence-electron chi connectivity index (χ3n) is 4.53. The minimum Gasteiger partial charge on any atom is -0.353 e. The van der Waals surface area contributed by atoms with E-state index in [4.69, 9.17) is 0 Å². The number of nitrogens with zero attached hydrogens (tertiary/aromatic N) is 5. The lowest BCUT2D eigenvalue weighted by Gasteiger charge is -2.35. The topological polar surface area (TPSA) is 74.2 Å². The Bertz CT molecular complexity index is 960. The summed E-state index contributed by atoms with van der Waals surface area (Å²) in [5, 5.41) is 2.55. The summed E-state index contributed by atoms with van der Waals surface area (Å²) in [6, 6.07) is 13.4. The lowest BCUT2D eigenvalue weighted by Crippen LogP contribution is -2.47. The molecule has 3 heterocycles. The highest BCUT2D eigenvalue weighted by Gasteiger charge is 2.21. The van der Waals surface area contributed by atoms with E-state index in [9.17, 15) is 9.18 Å². The van der Waals surface area contributed by atoms with Crippen LogP contribution in [-0.2, 0) is 0 Å². The highest BCUT2D eigenvalue weighted by atomic mass is 19.1. The van der Waals surface area contributed by atoms with E-state index in [2.05, 4.69) is 25.2 Å². The fourth-order valence-corrected chi connectivity index (χ4v) is 3.05. The van der Waals surface area contributed by atoms with E-state index >= 15 is 0 Å². The largest absolute Gasteiger partial charge is 0.353 e. The standard InChI is InChI=1S/C20H19FN6O/c21-15-5-1-2-6-16(15)24-19(28)17-8-10-23-20(25-17)27-13-11-26(12-14-27)18-7-3-4-9-22-18/h1-10H,11-14H2,(H,24,28). The van der Waals surface area contributed by atoms with Crippen LogP contribution in [0.2, 0.25) is 0 Å². The van der Waals surface area contributed by atoms with Gasteiger partial charge in [0, 0.05) is 38.6 Å².